The third-order valence-corrected chi connectivity index (χ3v) is 3.88. The number of hydrogen-bond acceptors (Lipinski definition) is 2. The molecule has 100 valence electrons. The third-order valence-electron chi connectivity index (χ3n) is 3.03. The molecule has 0 atom stereocenters. The molecule has 0 bridgehead atoms. The van der Waals surface area contributed by atoms with Crippen LogP contribution in [0.2, 0.25) is 0 Å². The molecule has 19 heavy (non-hydrogen) atoms. The predicted molar refractivity (Wildman–Crippen MR) is 82.4 cm³/mol. The van der Waals surface area contributed by atoms with E-state index in [2.05, 4.69) is 58.5 Å². The largest absolute Gasteiger partial charge is 0.497 e. The topological polar surface area (TPSA) is 21.3 Å². The first kappa shape index (κ1) is 14.1. The molecule has 2 aromatic carbocycles. The number of halogens is 1. The van der Waals surface area contributed by atoms with Crippen molar-refractivity contribution in [3.05, 3.63) is 63.6 Å². The van der Waals surface area contributed by atoms with E-state index in [1.54, 1.807) is 7.11 Å². The summed E-state index contributed by atoms with van der Waals surface area (Å²) < 4.78 is 6.37. The van der Waals surface area contributed by atoms with Gasteiger partial charge in [-0.25, -0.2) is 0 Å². The first-order valence-corrected chi connectivity index (χ1v) is 7.07. The monoisotopic (exact) mass is 319 g/mol. The fourth-order valence-corrected chi connectivity index (χ4v) is 2.31. The molecular weight excluding hydrogens is 302 g/mol. The summed E-state index contributed by atoms with van der Waals surface area (Å²) >= 11 is 3.56. The van der Waals surface area contributed by atoms with Gasteiger partial charge in [0.2, 0.25) is 0 Å². The molecular formula is C16H18BrNO. The van der Waals surface area contributed by atoms with Crippen LogP contribution in [0, 0.1) is 6.92 Å². The average Bonchev–Trinajstić information content (AvgIpc) is 2.43. The van der Waals surface area contributed by atoms with Crippen LogP contribution in [0.5, 0.6) is 5.75 Å². The highest BCUT2D eigenvalue weighted by Gasteiger charge is 1.99. The van der Waals surface area contributed by atoms with Crippen LogP contribution in [0.4, 0.5) is 0 Å². The molecule has 0 aliphatic rings. The fourth-order valence-electron chi connectivity index (χ4n) is 1.88. The molecule has 0 unspecified atom stereocenters. The van der Waals surface area contributed by atoms with Gasteiger partial charge in [-0.3, -0.25) is 0 Å². The van der Waals surface area contributed by atoms with Crippen molar-refractivity contribution in [3.8, 4) is 5.75 Å². The second kappa shape index (κ2) is 6.73. The summed E-state index contributed by atoms with van der Waals surface area (Å²) in [5, 5.41) is 3.44. The Labute approximate surface area is 122 Å². The highest BCUT2D eigenvalue weighted by Crippen LogP contribution is 2.17. The number of aryl methyl sites for hydroxylation is 1. The summed E-state index contributed by atoms with van der Waals surface area (Å²) in [6.45, 7) is 3.79. The van der Waals surface area contributed by atoms with Gasteiger partial charge >= 0.3 is 0 Å². The van der Waals surface area contributed by atoms with Crippen molar-refractivity contribution in [1.29, 1.82) is 0 Å². The smallest absolute Gasteiger partial charge is 0.119 e. The van der Waals surface area contributed by atoms with Gasteiger partial charge in [-0.05, 0) is 41.8 Å². The van der Waals surface area contributed by atoms with Gasteiger partial charge in [-0.15, -0.1) is 0 Å². The molecule has 2 rings (SSSR count). The quantitative estimate of drug-likeness (QED) is 0.897. The molecule has 0 fully saturated rings. The number of benzene rings is 2. The minimum absolute atomic E-state index is 0.836. The lowest BCUT2D eigenvalue weighted by Gasteiger charge is -2.08. The molecule has 2 aromatic rings. The van der Waals surface area contributed by atoms with Crippen LogP contribution >= 0.6 is 15.9 Å². The molecule has 3 heteroatoms. The Bertz CT molecular complexity index is 554. The zero-order chi connectivity index (χ0) is 13.7. The number of hydrogen-bond donors (Lipinski definition) is 1. The highest BCUT2D eigenvalue weighted by molar-refractivity contribution is 9.10. The van der Waals surface area contributed by atoms with Crippen LogP contribution in [0.25, 0.3) is 0 Å². The van der Waals surface area contributed by atoms with Crippen molar-refractivity contribution in [2.75, 3.05) is 7.11 Å². The van der Waals surface area contributed by atoms with Gasteiger partial charge in [0.15, 0.2) is 0 Å². The molecule has 0 aliphatic carbocycles. The van der Waals surface area contributed by atoms with Crippen molar-refractivity contribution < 1.29 is 4.74 Å². The zero-order valence-electron chi connectivity index (χ0n) is 11.2. The third kappa shape index (κ3) is 4.08. The summed E-state index contributed by atoms with van der Waals surface area (Å²) in [7, 11) is 1.69. The SMILES string of the molecule is COc1cccc(CNCc2ccc(C)c(Br)c2)c1. The Morgan fingerprint density at radius 2 is 1.79 bits per heavy atom. The number of methoxy groups -OCH3 is 1. The van der Waals surface area contributed by atoms with Crippen molar-refractivity contribution in [2.45, 2.75) is 20.0 Å². The molecule has 0 spiro atoms. The van der Waals surface area contributed by atoms with Crippen molar-refractivity contribution in [3.63, 3.8) is 0 Å². The van der Waals surface area contributed by atoms with Crippen LogP contribution in [0.3, 0.4) is 0 Å². The molecule has 0 aromatic heterocycles. The Kier molecular flexibility index (Phi) is 5.00. The first-order chi connectivity index (χ1) is 9.19. The Morgan fingerprint density at radius 1 is 1.05 bits per heavy atom. The number of nitrogens with one attached hydrogen (secondary N) is 1. The van der Waals surface area contributed by atoms with E-state index in [1.807, 2.05) is 12.1 Å². The average molecular weight is 320 g/mol. The molecule has 0 saturated heterocycles. The Hall–Kier alpha value is -1.32. The van der Waals surface area contributed by atoms with Crippen molar-refractivity contribution >= 4 is 15.9 Å². The van der Waals surface area contributed by atoms with Crippen molar-refractivity contribution in [1.82, 2.24) is 5.32 Å². The maximum Gasteiger partial charge on any atom is 0.119 e. The summed E-state index contributed by atoms with van der Waals surface area (Å²) in [5.41, 5.74) is 3.77. The molecule has 1 N–H and O–H groups in total. The molecule has 0 saturated carbocycles. The molecule has 0 amide bonds. The van der Waals surface area contributed by atoms with E-state index in [-0.39, 0.29) is 0 Å². The van der Waals surface area contributed by atoms with Gasteiger partial charge in [0.05, 0.1) is 7.11 Å². The van der Waals surface area contributed by atoms with Crippen LogP contribution < -0.4 is 10.1 Å². The lowest BCUT2D eigenvalue weighted by Crippen LogP contribution is -2.12. The van der Waals surface area contributed by atoms with Crippen LogP contribution in [0.15, 0.2) is 46.9 Å². The van der Waals surface area contributed by atoms with Crippen LogP contribution in [-0.2, 0) is 13.1 Å². The van der Waals surface area contributed by atoms with E-state index < -0.39 is 0 Å². The standard InChI is InChI=1S/C16H18BrNO/c1-12-6-7-14(9-16(12)17)11-18-10-13-4-3-5-15(8-13)19-2/h3-9,18H,10-11H2,1-2H3. The van der Waals surface area contributed by atoms with E-state index in [9.17, 15) is 0 Å². The number of ether oxygens (including phenoxy) is 1. The lowest BCUT2D eigenvalue weighted by atomic mass is 10.1. The molecule has 0 heterocycles. The van der Waals surface area contributed by atoms with Gasteiger partial charge in [0, 0.05) is 17.6 Å². The van der Waals surface area contributed by atoms with Crippen molar-refractivity contribution in [2.24, 2.45) is 0 Å². The first-order valence-electron chi connectivity index (χ1n) is 6.27. The predicted octanol–water partition coefficient (Wildman–Crippen LogP) is 4.06. The molecule has 0 aliphatic heterocycles. The van der Waals surface area contributed by atoms with Crippen LogP contribution in [-0.4, -0.2) is 7.11 Å². The minimum atomic E-state index is 0.836. The van der Waals surface area contributed by atoms with E-state index in [4.69, 9.17) is 4.74 Å². The van der Waals surface area contributed by atoms with E-state index in [0.717, 1.165) is 23.3 Å². The van der Waals surface area contributed by atoms with E-state index in [0.29, 0.717) is 0 Å². The van der Waals surface area contributed by atoms with Gasteiger partial charge in [0.25, 0.3) is 0 Å². The van der Waals surface area contributed by atoms with Gasteiger partial charge in [0.1, 0.15) is 5.75 Å². The van der Waals surface area contributed by atoms with E-state index in [1.165, 1.54) is 16.7 Å². The summed E-state index contributed by atoms with van der Waals surface area (Å²) in [6, 6.07) is 14.6. The fraction of sp³-hybridized carbons (Fsp3) is 0.250. The van der Waals surface area contributed by atoms with Gasteiger partial charge in [-0.2, -0.15) is 0 Å². The summed E-state index contributed by atoms with van der Waals surface area (Å²) in [5.74, 6) is 0.900. The second-order valence-corrected chi connectivity index (χ2v) is 5.39. The number of rotatable bonds is 5. The van der Waals surface area contributed by atoms with Gasteiger partial charge < -0.3 is 10.1 Å². The summed E-state index contributed by atoms with van der Waals surface area (Å²) in [4.78, 5) is 0. The Morgan fingerprint density at radius 3 is 2.47 bits per heavy atom. The second-order valence-electron chi connectivity index (χ2n) is 4.54. The normalized spacial score (nSPS) is 10.5. The minimum Gasteiger partial charge on any atom is -0.497 e. The zero-order valence-corrected chi connectivity index (χ0v) is 12.8. The maximum atomic E-state index is 5.21. The van der Waals surface area contributed by atoms with Gasteiger partial charge in [-0.1, -0.05) is 40.2 Å². The highest BCUT2D eigenvalue weighted by atomic mass is 79.9. The summed E-state index contributed by atoms with van der Waals surface area (Å²) in [6.07, 6.45) is 0. The Balaban J connectivity index is 1.90. The van der Waals surface area contributed by atoms with Crippen LogP contribution in [0.1, 0.15) is 16.7 Å². The molecule has 2 nitrogen and oxygen atoms in total. The maximum absolute atomic E-state index is 5.21. The molecule has 0 radical (unpaired) electrons. The lowest BCUT2D eigenvalue weighted by molar-refractivity contribution is 0.414. The van der Waals surface area contributed by atoms with E-state index >= 15 is 0 Å².